The van der Waals surface area contributed by atoms with Gasteiger partial charge in [0, 0.05) is 12.6 Å². The second-order valence-electron chi connectivity index (χ2n) is 6.05. The molecular formula is C17H24F2IN3O2. The zero-order chi connectivity index (χ0) is 16.9. The Labute approximate surface area is 163 Å². The second-order valence-corrected chi connectivity index (χ2v) is 6.05. The first-order valence-electron chi connectivity index (χ1n) is 8.44. The number of ether oxygens (including phenoxy) is 2. The van der Waals surface area contributed by atoms with Crippen molar-refractivity contribution in [3.05, 3.63) is 29.8 Å². The molecule has 1 aromatic rings. The number of aliphatic imine (C=N–C) groups is 1. The Balaban J connectivity index is 0.00000225. The first-order valence-corrected chi connectivity index (χ1v) is 8.44. The van der Waals surface area contributed by atoms with Crippen molar-refractivity contribution in [2.75, 3.05) is 19.7 Å². The van der Waals surface area contributed by atoms with Gasteiger partial charge in [0.1, 0.15) is 12.4 Å². The molecule has 140 valence electrons. The van der Waals surface area contributed by atoms with Gasteiger partial charge >= 0.3 is 0 Å². The number of hydrogen-bond acceptors (Lipinski definition) is 3. The molecule has 3 atom stereocenters. The largest absolute Gasteiger partial charge is 0.492 e. The summed E-state index contributed by atoms with van der Waals surface area (Å²) in [5, 5.41) is 6.61. The third-order valence-corrected chi connectivity index (χ3v) is 4.29. The smallest absolute Gasteiger partial charge is 0.191 e. The van der Waals surface area contributed by atoms with Crippen LogP contribution in [0, 0.1) is 11.6 Å². The molecule has 2 aliphatic heterocycles. The predicted molar refractivity (Wildman–Crippen MR) is 103 cm³/mol. The Morgan fingerprint density at radius 3 is 2.80 bits per heavy atom. The molecule has 8 heteroatoms. The molecule has 2 saturated heterocycles. The lowest BCUT2D eigenvalue weighted by atomic mass is 9.96. The van der Waals surface area contributed by atoms with Crippen LogP contribution in [0.4, 0.5) is 8.78 Å². The van der Waals surface area contributed by atoms with E-state index in [1.165, 1.54) is 6.07 Å². The Kier molecular flexibility index (Phi) is 7.67. The van der Waals surface area contributed by atoms with Gasteiger partial charge in [-0.1, -0.05) is 0 Å². The Morgan fingerprint density at radius 2 is 2.16 bits per heavy atom. The molecule has 0 radical (unpaired) electrons. The van der Waals surface area contributed by atoms with Crippen molar-refractivity contribution in [3.8, 4) is 5.75 Å². The third-order valence-electron chi connectivity index (χ3n) is 4.29. The fourth-order valence-electron chi connectivity index (χ4n) is 3.17. The van der Waals surface area contributed by atoms with Gasteiger partial charge in [0.2, 0.25) is 0 Å². The normalized spacial score (nSPS) is 24.8. The van der Waals surface area contributed by atoms with Crippen molar-refractivity contribution >= 4 is 29.9 Å². The summed E-state index contributed by atoms with van der Waals surface area (Å²) in [5.41, 5.74) is 0. The van der Waals surface area contributed by atoms with Crippen LogP contribution < -0.4 is 15.4 Å². The maximum atomic E-state index is 13.1. The molecule has 0 spiro atoms. The lowest BCUT2D eigenvalue weighted by molar-refractivity contribution is 0.0992. The highest BCUT2D eigenvalue weighted by atomic mass is 127. The van der Waals surface area contributed by atoms with Gasteiger partial charge in [-0.2, -0.15) is 0 Å². The van der Waals surface area contributed by atoms with Crippen molar-refractivity contribution in [1.29, 1.82) is 0 Å². The highest BCUT2D eigenvalue weighted by Gasteiger charge is 2.41. The first kappa shape index (κ1) is 20.2. The van der Waals surface area contributed by atoms with Gasteiger partial charge in [0.15, 0.2) is 17.6 Å². The number of guanidine groups is 1. The summed E-state index contributed by atoms with van der Waals surface area (Å²) < 4.78 is 37.2. The minimum atomic E-state index is -0.915. The van der Waals surface area contributed by atoms with E-state index in [2.05, 4.69) is 15.6 Å². The summed E-state index contributed by atoms with van der Waals surface area (Å²) in [7, 11) is 0. The summed E-state index contributed by atoms with van der Waals surface area (Å²) in [4.78, 5) is 4.46. The van der Waals surface area contributed by atoms with E-state index >= 15 is 0 Å². The van der Waals surface area contributed by atoms with E-state index in [4.69, 9.17) is 9.47 Å². The minimum Gasteiger partial charge on any atom is -0.492 e. The van der Waals surface area contributed by atoms with Crippen molar-refractivity contribution < 1.29 is 18.3 Å². The first-order chi connectivity index (χ1) is 11.7. The predicted octanol–water partition coefficient (Wildman–Crippen LogP) is 2.84. The van der Waals surface area contributed by atoms with E-state index in [0.29, 0.717) is 24.4 Å². The van der Waals surface area contributed by atoms with Gasteiger partial charge in [-0.15, -0.1) is 24.0 Å². The zero-order valence-corrected chi connectivity index (χ0v) is 16.5. The molecule has 5 nitrogen and oxygen atoms in total. The van der Waals surface area contributed by atoms with Crippen LogP contribution in [-0.4, -0.2) is 43.9 Å². The van der Waals surface area contributed by atoms with E-state index in [0.717, 1.165) is 43.9 Å². The molecule has 3 rings (SSSR count). The molecule has 1 aromatic carbocycles. The maximum Gasteiger partial charge on any atom is 0.191 e. The fourth-order valence-corrected chi connectivity index (χ4v) is 3.17. The lowest BCUT2D eigenvalue weighted by Crippen LogP contribution is -2.47. The standard InChI is InChI=1S/C17H23F2N3O2.HI/c1-2-20-17(22-15-10-12-4-6-16(15)24-12)21-7-8-23-11-3-5-13(18)14(19)9-11;/h3,5,9,12,15-16H,2,4,6-8,10H2,1H3,(H2,20,21,22);1H. The van der Waals surface area contributed by atoms with Gasteiger partial charge in [-0.25, -0.2) is 13.8 Å². The van der Waals surface area contributed by atoms with E-state index in [-0.39, 0.29) is 36.7 Å². The van der Waals surface area contributed by atoms with Crippen molar-refractivity contribution in [2.45, 2.75) is 44.4 Å². The lowest BCUT2D eigenvalue weighted by Gasteiger charge is -2.22. The molecule has 2 aliphatic rings. The number of hydrogen-bond donors (Lipinski definition) is 2. The number of nitrogens with one attached hydrogen (secondary N) is 2. The number of nitrogens with zero attached hydrogens (tertiary/aromatic N) is 1. The summed E-state index contributed by atoms with van der Waals surface area (Å²) in [6.07, 6.45) is 3.92. The van der Waals surface area contributed by atoms with Gasteiger partial charge < -0.3 is 20.1 Å². The number of rotatable bonds is 6. The number of halogens is 3. The summed E-state index contributed by atoms with van der Waals surface area (Å²) in [6.45, 7) is 3.47. The van der Waals surface area contributed by atoms with Crippen LogP contribution >= 0.6 is 24.0 Å². The molecule has 2 N–H and O–H groups in total. The summed E-state index contributed by atoms with van der Waals surface area (Å²) >= 11 is 0. The fraction of sp³-hybridized carbons (Fsp3) is 0.588. The van der Waals surface area contributed by atoms with E-state index in [9.17, 15) is 8.78 Å². The monoisotopic (exact) mass is 467 g/mol. The van der Waals surface area contributed by atoms with E-state index in [1.54, 1.807) is 0 Å². The van der Waals surface area contributed by atoms with Crippen LogP contribution in [0.3, 0.4) is 0 Å². The Bertz CT molecular complexity index is 603. The quantitative estimate of drug-likeness (QED) is 0.293. The molecule has 0 amide bonds. The SMILES string of the molecule is CCNC(=NCCOc1ccc(F)c(F)c1)NC1CC2CCC1O2.I. The molecule has 0 saturated carbocycles. The van der Waals surface area contributed by atoms with Gasteiger partial charge in [0.05, 0.1) is 24.8 Å². The van der Waals surface area contributed by atoms with E-state index in [1.807, 2.05) is 6.92 Å². The topological polar surface area (TPSA) is 54.9 Å². The second kappa shape index (κ2) is 9.51. The highest BCUT2D eigenvalue weighted by Crippen LogP contribution is 2.34. The van der Waals surface area contributed by atoms with Gasteiger partial charge in [-0.3, -0.25) is 0 Å². The number of benzene rings is 1. The average molecular weight is 467 g/mol. The zero-order valence-electron chi connectivity index (χ0n) is 14.1. The van der Waals surface area contributed by atoms with Crippen molar-refractivity contribution in [1.82, 2.24) is 10.6 Å². The molecule has 2 heterocycles. The van der Waals surface area contributed by atoms with Crippen molar-refractivity contribution in [2.24, 2.45) is 4.99 Å². The van der Waals surface area contributed by atoms with Gasteiger partial charge in [-0.05, 0) is 38.3 Å². The average Bonchev–Trinajstić information content (AvgIpc) is 3.18. The minimum absolute atomic E-state index is 0. The molecule has 0 aliphatic carbocycles. The van der Waals surface area contributed by atoms with Crippen LogP contribution in [0.1, 0.15) is 26.2 Å². The van der Waals surface area contributed by atoms with Crippen LogP contribution in [0.25, 0.3) is 0 Å². The van der Waals surface area contributed by atoms with Crippen LogP contribution in [-0.2, 0) is 4.74 Å². The highest BCUT2D eigenvalue weighted by molar-refractivity contribution is 14.0. The summed E-state index contributed by atoms with van der Waals surface area (Å²) in [5.74, 6) is -0.773. The molecule has 2 fully saturated rings. The number of fused-ring (bicyclic) bond motifs is 2. The molecule has 3 unspecified atom stereocenters. The van der Waals surface area contributed by atoms with Crippen molar-refractivity contribution in [3.63, 3.8) is 0 Å². The maximum absolute atomic E-state index is 13.1. The van der Waals surface area contributed by atoms with Crippen LogP contribution in [0.15, 0.2) is 23.2 Å². The molecule has 0 aromatic heterocycles. The third kappa shape index (κ3) is 5.40. The van der Waals surface area contributed by atoms with Crippen LogP contribution in [0.5, 0.6) is 5.75 Å². The summed E-state index contributed by atoms with van der Waals surface area (Å²) in [6, 6.07) is 3.79. The molecule has 25 heavy (non-hydrogen) atoms. The Hall–Kier alpha value is -1.16. The van der Waals surface area contributed by atoms with Crippen LogP contribution in [0.2, 0.25) is 0 Å². The van der Waals surface area contributed by atoms with E-state index < -0.39 is 11.6 Å². The Morgan fingerprint density at radius 1 is 1.32 bits per heavy atom. The van der Waals surface area contributed by atoms with Gasteiger partial charge in [0.25, 0.3) is 0 Å². The molecule has 2 bridgehead atoms. The molecular weight excluding hydrogens is 443 g/mol.